The van der Waals surface area contributed by atoms with Crippen LogP contribution in [-0.2, 0) is 0 Å². The second-order valence-corrected chi connectivity index (χ2v) is 3.68. The molecule has 12 heavy (non-hydrogen) atoms. The number of hydrogen-bond acceptors (Lipinski definition) is 3. The van der Waals surface area contributed by atoms with E-state index in [4.69, 9.17) is 5.11 Å². The molecule has 0 heterocycles. The molecule has 0 atom stereocenters. The van der Waals surface area contributed by atoms with Gasteiger partial charge >= 0.3 is 0 Å². The Bertz CT molecular complexity index is 115. The summed E-state index contributed by atoms with van der Waals surface area (Å²) in [5.41, 5.74) is 0. The van der Waals surface area contributed by atoms with Gasteiger partial charge in [-0.3, -0.25) is 0 Å². The molecule has 1 aliphatic carbocycles. The minimum Gasteiger partial charge on any atom is -0.395 e. The molecule has 3 heteroatoms. The van der Waals surface area contributed by atoms with Crippen molar-refractivity contribution >= 4 is 0 Å². The Labute approximate surface area is 74.8 Å². The maximum atomic E-state index is 8.51. The van der Waals surface area contributed by atoms with Gasteiger partial charge in [0, 0.05) is 26.2 Å². The smallest absolute Gasteiger partial charge is 0.0555 e. The number of likely N-dealkylation sites (N-methyl/N-ethyl adjacent to an activating group) is 1. The number of nitrogens with one attached hydrogen (secondary N) is 1. The second kappa shape index (κ2) is 5.51. The molecule has 0 saturated heterocycles. The van der Waals surface area contributed by atoms with Crippen LogP contribution in [0.1, 0.15) is 12.8 Å². The van der Waals surface area contributed by atoms with Crippen LogP contribution < -0.4 is 5.32 Å². The van der Waals surface area contributed by atoms with Crippen molar-refractivity contribution in [2.24, 2.45) is 5.92 Å². The highest BCUT2D eigenvalue weighted by molar-refractivity contribution is 4.76. The molecule has 3 nitrogen and oxygen atoms in total. The lowest BCUT2D eigenvalue weighted by Crippen LogP contribution is -2.31. The Morgan fingerprint density at radius 3 is 2.75 bits per heavy atom. The first-order chi connectivity index (χ1) is 5.83. The predicted molar refractivity (Wildman–Crippen MR) is 50.2 cm³/mol. The molecule has 0 spiro atoms. The minimum absolute atomic E-state index is 0.242. The van der Waals surface area contributed by atoms with Gasteiger partial charge in [0.2, 0.25) is 0 Å². The van der Waals surface area contributed by atoms with E-state index >= 15 is 0 Å². The first-order valence-corrected chi connectivity index (χ1v) is 4.83. The summed E-state index contributed by atoms with van der Waals surface area (Å²) in [7, 11) is 2.17. The summed E-state index contributed by atoms with van der Waals surface area (Å²) in [6.07, 6.45) is 2.85. The van der Waals surface area contributed by atoms with Gasteiger partial charge in [-0.1, -0.05) is 0 Å². The van der Waals surface area contributed by atoms with Gasteiger partial charge in [-0.05, 0) is 25.8 Å². The highest BCUT2D eigenvalue weighted by Crippen LogP contribution is 2.29. The first kappa shape index (κ1) is 9.96. The molecule has 0 bridgehead atoms. The van der Waals surface area contributed by atoms with Crippen LogP contribution in [-0.4, -0.2) is 49.8 Å². The van der Waals surface area contributed by atoms with Crippen molar-refractivity contribution in [1.29, 1.82) is 0 Å². The van der Waals surface area contributed by atoms with Crippen molar-refractivity contribution in [2.45, 2.75) is 12.8 Å². The standard InChI is InChI=1S/C9H20N2O/c1-11(8-9-2-3-9)6-4-10-5-7-12/h9-10,12H,2-8H2,1H3. The normalized spacial score (nSPS) is 17.2. The lowest BCUT2D eigenvalue weighted by molar-refractivity contribution is 0.280. The van der Waals surface area contributed by atoms with Crippen molar-refractivity contribution < 1.29 is 5.11 Å². The van der Waals surface area contributed by atoms with E-state index in [9.17, 15) is 0 Å². The monoisotopic (exact) mass is 172 g/mol. The fourth-order valence-corrected chi connectivity index (χ4v) is 1.31. The Morgan fingerprint density at radius 2 is 2.17 bits per heavy atom. The quantitative estimate of drug-likeness (QED) is 0.527. The average molecular weight is 172 g/mol. The van der Waals surface area contributed by atoms with Crippen LogP contribution in [0.25, 0.3) is 0 Å². The highest BCUT2D eigenvalue weighted by atomic mass is 16.3. The topological polar surface area (TPSA) is 35.5 Å². The molecule has 1 saturated carbocycles. The molecular weight excluding hydrogens is 152 g/mol. The summed E-state index contributed by atoms with van der Waals surface area (Å²) < 4.78 is 0. The number of aliphatic hydroxyl groups excluding tert-OH is 1. The Hall–Kier alpha value is -0.120. The zero-order valence-corrected chi connectivity index (χ0v) is 7.92. The zero-order valence-electron chi connectivity index (χ0n) is 7.92. The van der Waals surface area contributed by atoms with E-state index in [1.807, 2.05) is 0 Å². The largest absolute Gasteiger partial charge is 0.395 e. The van der Waals surface area contributed by atoms with Crippen molar-refractivity contribution in [3.8, 4) is 0 Å². The van der Waals surface area contributed by atoms with Gasteiger partial charge in [0.15, 0.2) is 0 Å². The molecule has 0 amide bonds. The SMILES string of the molecule is CN(CCNCCO)CC1CC1. The average Bonchev–Trinajstić information content (AvgIpc) is 2.82. The van der Waals surface area contributed by atoms with Crippen LogP contribution >= 0.6 is 0 Å². The van der Waals surface area contributed by atoms with E-state index in [0.29, 0.717) is 0 Å². The third kappa shape index (κ3) is 4.70. The van der Waals surface area contributed by atoms with E-state index in [1.54, 1.807) is 0 Å². The molecule has 1 fully saturated rings. The van der Waals surface area contributed by atoms with Crippen LogP contribution in [0.2, 0.25) is 0 Å². The summed E-state index contributed by atoms with van der Waals surface area (Å²) in [4.78, 5) is 2.36. The van der Waals surface area contributed by atoms with Crippen LogP contribution in [0.5, 0.6) is 0 Å². The Kier molecular flexibility index (Phi) is 4.58. The van der Waals surface area contributed by atoms with E-state index in [-0.39, 0.29) is 6.61 Å². The first-order valence-electron chi connectivity index (χ1n) is 4.83. The molecular formula is C9H20N2O. The van der Waals surface area contributed by atoms with Crippen molar-refractivity contribution in [3.05, 3.63) is 0 Å². The van der Waals surface area contributed by atoms with Crippen molar-refractivity contribution in [3.63, 3.8) is 0 Å². The van der Waals surface area contributed by atoms with Crippen molar-refractivity contribution in [2.75, 3.05) is 39.8 Å². The predicted octanol–water partition coefficient (Wildman–Crippen LogP) is -0.0899. The zero-order chi connectivity index (χ0) is 8.81. The van der Waals surface area contributed by atoms with Gasteiger partial charge in [0.05, 0.1) is 6.61 Å². The molecule has 0 aromatic heterocycles. The van der Waals surface area contributed by atoms with E-state index in [2.05, 4.69) is 17.3 Å². The summed E-state index contributed by atoms with van der Waals surface area (Å²) in [6, 6.07) is 0. The molecule has 0 aliphatic heterocycles. The number of rotatable bonds is 7. The van der Waals surface area contributed by atoms with Gasteiger partial charge in [-0.2, -0.15) is 0 Å². The van der Waals surface area contributed by atoms with Gasteiger partial charge in [-0.15, -0.1) is 0 Å². The van der Waals surface area contributed by atoms with E-state index in [0.717, 1.165) is 25.6 Å². The molecule has 1 aliphatic rings. The third-order valence-corrected chi connectivity index (χ3v) is 2.23. The lowest BCUT2D eigenvalue weighted by atomic mass is 10.4. The summed E-state index contributed by atoms with van der Waals surface area (Å²) in [6.45, 7) is 4.30. The number of aliphatic hydroxyl groups is 1. The third-order valence-electron chi connectivity index (χ3n) is 2.23. The van der Waals surface area contributed by atoms with Crippen LogP contribution in [0.15, 0.2) is 0 Å². The highest BCUT2D eigenvalue weighted by Gasteiger charge is 2.22. The van der Waals surface area contributed by atoms with Gasteiger partial charge < -0.3 is 15.3 Å². The summed E-state index contributed by atoms with van der Waals surface area (Å²) in [5.74, 6) is 0.979. The molecule has 0 unspecified atom stereocenters. The molecule has 1 rings (SSSR count). The Balaban J connectivity index is 1.83. The van der Waals surface area contributed by atoms with Gasteiger partial charge in [0.25, 0.3) is 0 Å². The molecule has 2 N–H and O–H groups in total. The second-order valence-electron chi connectivity index (χ2n) is 3.68. The number of hydrogen-bond donors (Lipinski definition) is 2. The Morgan fingerprint density at radius 1 is 1.42 bits per heavy atom. The van der Waals surface area contributed by atoms with Crippen LogP contribution in [0, 0.1) is 5.92 Å². The van der Waals surface area contributed by atoms with E-state index in [1.165, 1.54) is 19.4 Å². The number of nitrogens with zero attached hydrogens (tertiary/aromatic N) is 1. The van der Waals surface area contributed by atoms with Crippen LogP contribution in [0.4, 0.5) is 0 Å². The minimum atomic E-state index is 0.242. The van der Waals surface area contributed by atoms with E-state index < -0.39 is 0 Å². The van der Waals surface area contributed by atoms with Crippen LogP contribution in [0.3, 0.4) is 0 Å². The fraction of sp³-hybridized carbons (Fsp3) is 1.00. The molecule has 0 radical (unpaired) electrons. The molecule has 0 aromatic carbocycles. The van der Waals surface area contributed by atoms with Crippen molar-refractivity contribution in [1.82, 2.24) is 10.2 Å². The molecule has 0 aromatic rings. The lowest BCUT2D eigenvalue weighted by Gasteiger charge is -2.15. The van der Waals surface area contributed by atoms with Gasteiger partial charge in [0.1, 0.15) is 0 Å². The maximum absolute atomic E-state index is 8.51. The fourth-order valence-electron chi connectivity index (χ4n) is 1.31. The summed E-state index contributed by atoms with van der Waals surface area (Å²) in [5, 5.41) is 11.7. The maximum Gasteiger partial charge on any atom is 0.0555 e. The van der Waals surface area contributed by atoms with Gasteiger partial charge in [-0.25, -0.2) is 0 Å². The summed E-state index contributed by atoms with van der Waals surface area (Å²) >= 11 is 0. The molecule has 72 valence electrons.